The molecule has 1 aliphatic rings. The molecule has 1 rings (SSSR count). The number of piperidine rings is 1. The van der Waals surface area contributed by atoms with Crippen LogP contribution in [0.5, 0.6) is 0 Å². The molecule has 0 aromatic heterocycles. The van der Waals surface area contributed by atoms with Gasteiger partial charge in [-0.2, -0.15) is 0 Å². The van der Waals surface area contributed by atoms with Crippen molar-refractivity contribution in [3.63, 3.8) is 0 Å². The van der Waals surface area contributed by atoms with Crippen LogP contribution in [0.1, 0.15) is 12.8 Å². The van der Waals surface area contributed by atoms with Gasteiger partial charge < -0.3 is 10.6 Å². The van der Waals surface area contributed by atoms with E-state index >= 15 is 0 Å². The quantitative estimate of drug-likeness (QED) is 0.691. The first-order valence-corrected chi connectivity index (χ1v) is 5.53. The van der Waals surface area contributed by atoms with Crippen molar-refractivity contribution in [1.29, 1.82) is 0 Å². The molecule has 0 unspecified atom stereocenters. The third-order valence-electron chi connectivity index (χ3n) is 2.81. The van der Waals surface area contributed by atoms with E-state index in [9.17, 15) is 4.79 Å². The molecule has 0 radical (unpaired) electrons. The summed E-state index contributed by atoms with van der Waals surface area (Å²) in [5.74, 6) is 0.0952. The Balaban J connectivity index is 0.00000225. The number of hydrogen-bond acceptors (Lipinski definition) is 3. The number of nitrogens with one attached hydrogen (secondary N) is 2. The van der Waals surface area contributed by atoms with Gasteiger partial charge in [0.25, 0.3) is 0 Å². The summed E-state index contributed by atoms with van der Waals surface area (Å²) < 4.78 is 0. The smallest absolute Gasteiger partial charge is 0.234 e. The molecule has 94 valence electrons. The fourth-order valence-electron chi connectivity index (χ4n) is 1.82. The molecule has 5 heteroatoms. The molecule has 0 aromatic carbocycles. The van der Waals surface area contributed by atoms with Crippen molar-refractivity contribution >= 4 is 18.3 Å². The van der Waals surface area contributed by atoms with E-state index in [-0.39, 0.29) is 18.3 Å². The normalized spacial score (nSPS) is 17.6. The van der Waals surface area contributed by atoms with Crippen molar-refractivity contribution < 1.29 is 4.79 Å². The Bertz CT molecular complexity index is 215. The van der Waals surface area contributed by atoms with E-state index in [1.165, 1.54) is 0 Å². The van der Waals surface area contributed by atoms with Crippen LogP contribution < -0.4 is 10.6 Å². The van der Waals surface area contributed by atoms with Crippen molar-refractivity contribution in [1.82, 2.24) is 15.5 Å². The maximum Gasteiger partial charge on any atom is 0.234 e. The van der Waals surface area contributed by atoms with Crippen molar-refractivity contribution in [2.24, 2.45) is 0 Å². The summed E-state index contributed by atoms with van der Waals surface area (Å²) in [7, 11) is 2.00. The molecule has 1 saturated heterocycles. The SMILES string of the molecule is C=CCNC(=O)CN1CCC(NC)CC1.Cl. The number of carbonyl (C=O) groups is 1. The summed E-state index contributed by atoms with van der Waals surface area (Å²) in [5.41, 5.74) is 0. The van der Waals surface area contributed by atoms with Crippen LogP contribution in [0.25, 0.3) is 0 Å². The van der Waals surface area contributed by atoms with E-state index in [1.54, 1.807) is 6.08 Å². The first kappa shape index (κ1) is 15.4. The largest absolute Gasteiger partial charge is 0.352 e. The fourth-order valence-corrected chi connectivity index (χ4v) is 1.82. The van der Waals surface area contributed by atoms with Gasteiger partial charge in [-0.05, 0) is 19.9 Å². The topological polar surface area (TPSA) is 44.4 Å². The molecule has 0 atom stereocenters. The number of halogens is 1. The van der Waals surface area contributed by atoms with Gasteiger partial charge in [0.1, 0.15) is 0 Å². The Labute approximate surface area is 104 Å². The van der Waals surface area contributed by atoms with E-state index in [0.717, 1.165) is 25.9 Å². The molecule has 1 amide bonds. The van der Waals surface area contributed by atoms with Crippen LogP contribution >= 0.6 is 12.4 Å². The van der Waals surface area contributed by atoms with Crippen molar-refractivity contribution in [3.05, 3.63) is 12.7 Å². The monoisotopic (exact) mass is 247 g/mol. The van der Waals surface area contributed by atoms with E-state index in [4.69, 9.17) is 0 Å². The second-order valence-corrected chi connectivity index (χ2v) is 3.93. The molecule has 4 nitrogen and oxygen atoms in total. The lowest BCUT2D eigenvalue weighted by atomic mass is 10.1. The summed E-state index contributed by atoms with van der Waals surface area (Å²) in [6, 6.07) is 0.623. The van der Waals surface area contributed by atoms with Crippen LogP contribution in [-0.4, -0.2) is 50.1 Å². The zero-order valence-electron chi connectivity index (χ0n) is 9.87. The molecule has 1 fully saturated rings. The van der Waals surface area contributed by atoms with Crippen LogP contribution in [0.2, 0.25) is 0 Å². The fraction of sp³-hybridized carbons (Fsp3) is 0.727. The second kappa shape index (κ2) is 8.56. The predicted molar refractivity (Wildman–Crippen MR) is 69.0 cm³/mol. The summed E-state index contributed by atoms with van der Waals surface area (Å²) in [5, 5.41) is 6.06. The first-order valence-electron chi connectivity index (χ1n) is 5.53. The van der Waals surface area contributed by atoms with Crippen LogP contribution in [0.4, 0.5) is 0 Å². The summed E-state index contributed by atoms with van der Waals surface area (Å²) in [4.78, 5) is 13.6. The molecule has 2 N–H and O–H groups in total. The van der Waals surface area contributed by atoms with Gasteiger partial charge in [0.15, 0.2) is 0 Å². The highest BCUT2D eigenvalue weighted by molar-refractivity contribution is 5.85. The molecule has 16 heavy (non-hydrogen) atoms. The van der Waals surface area contributed by atoms with Crippen LogP contribution in [-0.2, 0) is 4.79 Å². The summed E-state index contributed by atoms with van der Waals surface area (Å²) in [6.45, 7) is 6.66. The van der Waals surface area contributed by atoms with Crippen molar-refractivity contribution in [2.75, 3.05) is 33.2 Å². The zero-order chi connectivity index (χ0) is 11.1. The van der Waals surface area contributed by atoms with Gasteiger partial charge in [0.05, 0.1) is 6.54 Å². The van der Waals surface area contributed by atoms with Crippen LogP contribution in [0.15, 0.2) is 12.7 Å². The molecular formula is C11H22ClN3O. The molecule has 0 spiro atoms. The Morgan fingerprint density at radius 3 is 2.62 bits per heavy atom. The van der Waals surface area contributed by atoms with Gasteiger partial charge in [-0.3, -0.25) is 9.69 Å². The molecule has 0 saturated carbocycles. The third-order valence-corrected chi connectivity index (χ3v) is 2.81. The first-order chi connectivity index (χ1) is 7.26. The molecule has 0 aliphatic carbocycles. The Kier molecular flexibility index (Phi) is 8.25. The zero-order valence-corrected chi connectivity index (χ0v) is 10.7. The molecule has 1 heterocycles. The maximum absolute atomic E-state index is 11.4. The minimum absolute atomic E-state index is 0. The standard InChI is InChI=1S/C11H21N3O.ClH/c1-3-6-13-11(15)9-14-7-4-10(12-2)5-8-14;/h3,10,12H,1,4-9H2,2H3,(H,13,15);1H. The molecule has 0 aromatic rings. The van der Waals surface area contributed by atoms with E-state index < -0.39 is 0 Å². The summed E-state index contributed by atoms with van der Waals surface area (Å²) >= 11 is 0. The highest BCUT2D eigenvalue weighted by Crippen LogP contribution is 2.08. The summed E-state index contributed by atoms with van der Waals surface area (Å²) in [6.07, 6.45) is 3.96. The van der Waals surface area contributed by atoms with Gasteiger partial charge in [-0.25, -0.2) is 0 Å². The number of amides is 1. The number of nitrogens with zero attached hydrogens (tertiary/aromatic N) is 1. The van der Waals surface area contributed by atoms with Gasteiger partial charge in [0.2, 0.25) is 5.91 Å². The maximum atomic E-state index is 11.4. The van der Waals surface area contributed by atoms with Gasteiger partial charge in [-0.15, -0.1) is 19.0 Å². The predicted octanol–water partition coefficient (Wildman–Crippen LogP) is 0.394. The highest BCUT2D eigenvalue weighted by Gasteiger charge is 2.18. The van der Waals surface area contributed by atoms with Crippen LogP contribution in [0, 0.1) is 0 Å². The average molecular weight is 248 g/mol. The number of hydrogen-bond donors (Lipinski definition) is 2. The highest BCUT2D eigenvalue weighted by atomic mass is 35.5. The second-order valence-electron chi connectivity index (χ2n) is 3.93. The van der Waals surface area contributed by atoms with Crippen molar-refractivity contribution in [3.8, 4) is 0 Å². The van der Waals surface area contributed by atoms with Gasteiger partial charge >= 0.3 is 0 Å². The molecular weight excluding hydrogens is 226 g/mol. The Hall–Kier alpha value is -0.580. The molecule has 1 aliphatic heterocycles. The number of carbonyl (C=O) groups excluding carboxylic acids is 1. The minimum Gasteiger partial charge on any atom is -0.352 e. The van der Waals surface area contributed by atoms with Crippen molar-refractivity contribution in [2.45, 2.75) is 18.9 Å². The molecule has 0 bridgehead atoms. The lowest BCUT2D eigenvalue weighted by Crippen LogP contribution is -2.45. The average Bonchev–Trinajstić information content (AvgIpc) is 2.27. The minimum atomic E-state index is 0. The Morgan fingerprint density at radius 1 is 1.50 bits per heavy atom. The lowest BCUT2D eigenvalue weighted by molar-refractivity contribution is -0.122. The van der Waals surface area contributed by atoms with E-state index in [1.807, 2.05) is 7.05 Å². The van der Waals surface area contributed by atoms with E-state index in [2.05, 4.69) is 22.1 Å². The van der Waals surface area contributed by atoms with Gasteiger partial charge in [0, 0.05) is 25.7 Å². The lowest BCUT2D eigenvalue weighted by Gasteiger charge is -2.31. The third kappa shape index (κ3) is 5.49. The number of rotatable bonds is 5. The number of likely N-dealkylation sites (tertiary alicyclic amines) is 1. The van der Waals surface area contributed by atoms with Gasteiger partial charge in [-0.1, -0.05) is 6.08 Å². The van der Waals surface area contributed by atoms with Crippen LogP contribution in [0.3, 0.4) is 0 Å². The van der Waals surface area contributed by atoms with E-state index in [0.29, 0.717) is 19.1 Å². The Morgan fingerprint density at radius 2 is 2.12 bits per heavy atom.